The van der Waals surface area contributed by atoms with Crippen LogP contribution < -0.4 is 26.6 Å². The summed E-state index contributed by atoms with van der Waals surface area (Å²) < 4.78 is 47.6. The van der Waals surface area contributed by atoms with Gasteiger partial charge in [-0.05, 0) is 55.0 Å². The fourth-order valence-corrected chi connectivity index (χ4v) is 4.07. The van der Waals surface area contributed by atoms with Crippen LogP contribution in [0.2, 0.25) is 0 Å². The van der Waals surface area contributed by atoms with Gasteiger partial charge in [0.25, 0.3) is 12.3 Å². The van der Waals surface area contributed by atoms with Crippen molar-refractivity contribution in [3.05, 3.63) is 89.4 Å². The van der Waals surface area contributed by atoms with E-state index in [9.17, 15) is 18.0 Å². The highest BCUT2D eigenvalue weighted by molar-refractivity contribution is 6.05. The van der Waals surface area contributed by atoms with Gasteiger partial charge in [0.05, 0.1) is 37.5 Å². The van der Waals surface area contributed by atoms with E-state index in [4.69, 9.17) is 21.1 Å². The lowest BCUT2D eigenvalue weighted by Crippen LogP contribution is -2.38. The highest BCUT2D eigenvalue weighted by atomic mass is 19.3. The molecule has 41 heavy (non-hydrogen) atoms. The third kappa shape index (κ3) is 8.93. The first-order valence-electron chi connectivity index (χ1n) is 12.9. The second kappa shape index (κ2) is 15.6. The molecule has 1 aromatic heterocycles. The van der Waals surface area contributed by atoms with E-state index < -0.39 is 12.3 Å². The summed E-state index contributed by atoms with van der Waals surface area (Å²) in [4.78, 5) is 19.5. The number of carbonyl (C=O) groups is 1. The maximum absolute atomic E-state index is 13.4. The molecule has 3 aromatic rings. The van der Waals surface area contributed by atoms with Crippen LogP contribution in [-0.4, -0.2) is 62.4 Å². The third-order valence-corrected chi connectivity index (χ3v) is 6.30. The molecule has 1 saturated heterocycles. The number of amides is 1. The van der Waals surface area contributed by atoms with Gasteiger partial charge in [0, 0.05) is 54.9 Å². The molecule has 1 amide bonds. The fraction of sp³-hybridized carbons (Fsp3) is 0.310. The predicted octanol–water partition coefficient (Wildman–Crippen LogP) is 4.51. The Labute approximate surface area is 237 Å². The number of nitrogens with two attached hydrogens (primary N) is 2. The van der Waals surface area contributed by atoms with Crippen LogP contribution in [0.25, 0.3) is 5.70 Å². The number of ether oxygens (including phenoxy) is 2. The number of alkyl halides is 3. The molecule has 9 nitrogen and oxygen atoms in total. The summed E-state index contributed by atoms with van der Waals surface area (Å²) in [5.74, 6) is 6.06. The summed E-state index contributed by atoms with van der Waals surface area (Å²) in [6.45, 7) is 5.75. The molecule has 0 spiro atoms. The number of hydrazine groups is 1. The molecule has 0 unspecified atom stereocenters. The van der Waals surface area contributed by atoms with Crippen LogP contribution in [0.15, 0.2) is 67.1 Å². The Morgan fingerprint density at radius 2 is 1.93 bits per heavy atom. The van der Waals surface area contributed by atoms with Gasteiger partial charge in [0.2, 0.25) is 0 Å². The minimum Gasteiger partial charge on any atom is -0.490 e. The Morgan fingerprint density at radius 3 is 2.61 bits per heavy atom. The van der Waals surface area contributed by atoms with Crippen molar-refractivity contribution in [1.29, 1.82) is 0 Å². The van der Waals surface area contributed by atoms with Crippen molar-refractivity contribution in [2.75, 3.05) is 57.0 Å². The molecule has 1 fully saturated rings. The van der Waals surface area contributed by atoms with Crippen molar-refractivity contribution in [1.82, 2.24) is 9.88 Å². The minimum atomic E-state index is -2.70. The van der Waals surface area contributed by atoms with Gasteiger partial charge in [-0.3, -0.25) is 24.1 Å². The van der Waals surface area contributed by atoms with Crippen LogP contribution in [0.1, 0.15) is 33.5 Å². The Hall–Kier alpha value is -4.13. The highest BCUT2D eigenvalue weighted by Crippen LogP contribution is 2.31. The Bertz CT molecular complexity index is 1300. The molecule has 0 radical (unpaired) electrons. The molecule has 4 rings (SSSR count). The number of aryl methyl sites for hydroxylation is 1. The zero-order valence-corrected chi connectivity index (χ0v) is 23.0. The van der Waals surface area contributed by atoms with Crippen LogP contribution in [-0.2, 0) is 4.74 Å². The zero-order chi connectivity index (χ0) is 29.8. The average Bonchev–Trinajstić information content (AvgIpc) is 2.99. The van der Waals surface area contributed by atoms with Crippen LogP contribution >= 0.6 is 0 Å². The third-order valence-electron chi connectivity index (χ3n) is 6.30. The molecular formula is C29H35F3N6O3. The van der Waals surface area contributed by atoms with Crippen LogP contribution in [0.4, 0.5) is 24.5 Å². The van der Waals surface area contributed by atoms with Crippen molar-refractivity contribution in [2.45, 2.75) is 13.3 Å². The van der Waals surface area contributed by atoms with Gasteiger partial charge in [0.15, 0.2) is 0 Å². The molecule has 0 bridgehead atoms. The molecular weight excluding hydrogens is 537 g/mol. The minimum absolute atomic E-state index is 0.159. The molecule has 0 saturated carbocycles. The van der Waals surface area contributed by atoms with Gasteiger partial charge in [-0.15, -0.1) is 0 Å². The smallest absolute Gasteiger partial charge is 0.263 e. The first-order valence-corrected chi connectivity index (χ1v) is 12.9. The van der Waals surface area contributed by atoms with E-state index in [2.05, 4.69) is 15.2 Å². The summed E-state index contributed by atoms with van der Waals surface area (Å²) in [7, 11) is 0.500. The molecule has 2 heterocycles. The van der Waals surface area contributed by atoms with E-state index in [1.807, 2.05) is 6.92 Å². The van der Waals surface area contributed by atoms with Crippen LogP contribution in [0, 0.1) is 6.92 Å². The summed E-state index contributed by atoms with van der Waals surface area (Å²) in [5.41, 5.74) is 8.80. The van der Waals surface area contributed by atoms with Crippen LogP contribution in [0.5, 0.6) is 5.75 Å². The molecule has 2 aromatic carbocycles. The maximum Gasteiger partial charge on any atom is 0.263 e. The van der Waals surface area contributed by atoms with E-state index >= 15 is 0 Å². The Morgan fingerprint density at radius 1 is 1.17 bits per heavy atom. The SMILES string of the molecule is CF.Cc1ccc(C(=O)Nc2cc(C(F)F)ccc2OCCN2CCOCC2)cc1N(N)/C=C(\N)c1cccnc1. The van der Waals surface area contributed by atoms with E-state index in [0.717, 1.165) is 18.7 Å². The van der Waals surface area contributed by atoms with Crippen molar-refractivity contribution in [2.24, 2.45) is 11.6 Å². The standard InChI is InChI=1S/C28H32F2N6O3.CH3F/c1-19-4-5-21(16-25(19)36(32)18-23(31)22-3-2-8-33-17-22)28(37)34-24-15-20(27(29)30)6-7-26(24)39-14-11-35-9-12-38-13-10-35;1-2/h2-8,15-18,27H,9-14,31-32H2,1H3,(H,34,37);1H3/b23-18-;. The number of hydrogen-bond donors (Lipinski definition) is 3. The largest absolute Gasteiger partial charge is 0.490 e. The lowest BCUT2D eigenvalue weighted by atomic mass is 10.1. The number of halogens is 3. The first kappa shape index (κ1) is 31.4. The van der Waals surface area contributed by atoms with Crippen LogP contribution in [0.3, 0.4) is 0 Å². The number of aromatic nitrogens is 1. The number of carbonyl (C=O) groups excluding carboxylic acids is 1. The summed E-state index contributed by atoms with van der Waals surface area (Å²) in [5, 5.41) is 4.05. The zero-order valence-electron chi connectivity index (χ0n) is 23.0. The number of benzene rings is 2. The van der Waals surface area contributed by atoms with E-state index in [-0.39, 0.29) is 16.8 Å². The van der Waals surface area contributed by atoms with E-state index in [1.54, 1.807) is 42.7 Å². The molecule has 0 aliphatic carbocycles. The van der Waals surface area contributed by atoms with Crippen molar-refractivity contribution in [3.8, 4) is 5.75 Å². The topological polar surface area (TPSA) is 119 Å². The average molecular weight is 573 g/mol. The number of pyridine rings is 1. The Balaban J connectivity index is 0.00000226. The molecule has 12 heteroatoms. The van der Waals surface area contributed by atoms with Gasteiger partial charge >= 0.3 is 0 Å². The van der Waals surface area contributed by atoms with Crippen molar-refractivity contribution >= 4 is 23.0 Å². The summed E-state index contributed by atoms with van der Waals surface area (Å²) in [6, 6.07) is 12.5. The van der Waals surface area contributed by atoms with Gasteiger partial charge < -0.3 is 20.5 Å². The number of nitrogens with one attached hydrogen (secondary N) is 1. The van der Waals surface area contributed by atoms with E-state index in [0.29, 0.717) is 56.2 Å². The number of nitrogens with zero attached hydrogens (tertiary/aromatic N) is 3. The lowest BCUT2D eigenvalue weighted by Gasteiger charge is -2.26. The molecule has 5 N–H and O–H groups in total. The maximum atomic E-state index is 13.4. The summed E-state index contributed by atoms with van der Waals surface area (Å²) >= 11 is 0. The monoisotopic (exact) mass is 572 g/mol. The van der Waals surface area contributed by atoms with Gasteiger partial charge in [-0.25, -0.2) is 14.6 Å². The van der Waals surface area contributed by atoms with Gasteiger partial charge in [-0.1, -0.05) is 6.07 Å². The number of rotatable bonds is 10. The quantitative estimate of drug-likeness (QED) is 0.240. The lowest BCUT2D eigenvalue weighted by molar-refractivity contribution is 0.0323. The van der Waals surface area contributed by atoms with Gasteiger partial charge in [-0.2, -0.15) is 0 Å². The molecule has 0 atom stereocenters. The van der Waals surface area contributed by atoms with Crippen molar-refractivity contribution < 1.29 is 27.4 Å². The number of hydrogen-bond acceptors (Lipinski definition) is 8. The summed E-state index contributed by atoms with van der Waals surface area (Å²) in [6.07, 6.45) is 2.09. The highest BCUT2D eigenvalue weighted by Gasteiger charge is 2.17. The van der Waals surface area contributed by atoms with Gasteiger partial charge in [0.1, 0.15) is 12.4 Å². The first-order chi connectivity index (χ1) is 19.8. The second-order valence-corrected chi connectivity index (χ2v) is 9.05. The molecule has 1 aliphatic rings. The molecule has 220 valence electrons. The Kier molecular flexibility index (Phi) is 11.9. The fourth-order valence-electron chi connectivity index (χ4n) is 4.07. The number of anilines is 2. The second-order valence-electron chi connectivity index (χ2n) is 9.05. The van der Waals surface area contributed by atoms with E-state index in [1.165, 1.54) is 29.4 Å². The molecule has 1 aliphatic heterocycles. The predicted molar refractivity (Wildman–Crippen MR) is 153 cm³/mol. The number of morpholine rings is 1. The van der Waals surface area contributed by atoms with Crippen molar-refractivity contribution in [3.63, 3.8) is 0 Å². The normalized spacial score (nSPS) is 13.8.